The van der Waals surface area contributed by atoms with Crippen LogP contribution in [0, 0.1) is 5.92 Å². The number of aliphatic carboxylic acids is 1. The van der Waals surface area contributed by atoms with Gasteiger partial charge in [-0.2, -0.15) is 0 Å². The highest BCUT2D eigenvalue weighted by atomic mass is 35.5. The molecule has 1 aromatic carbocycles. The molecule has 0 aliphatic heterocycles. The summed E-state index contributed by atoms with van der Waals surface area (Å²) in [4.78, 5) is 10.6. The summed E-state index contributed by atoms with van der Waals surface area (Å²) in [6.45, 7) is 1.77. The van der Waals surface area contributed by atoms with E-state index in [1.54, 1.807) is 19.1 Å². The van der Waals surface area contributed by atoms with Gasteiger partial charge in [-0.05, 0) is 18.4 Å². The van der Waals surface area contributed by atoms with Crippen LogP contribution in [-0.4, -0.2) is 30.4 Å². The fourth-order valence-electron chi connectivity index (χ4n) is 2.01. The highest BCUT2D eigenvalue weighted by Gasteiger charge is 2.19. The number of benzene rings is 1. The molecular weight excluding hydrogens is 284 g/mol. The first kappa shape index (κ1) is 16.6. The molecule has 0 amide bonds. The third-order valence-electron chi connectivity index (χ3n) is 3.01. The van der Waals surface area contributed by atoms with E-state index in [1.165, 1.54) is 14.2 Å². The van der Waals surface area contributed by atoms with Crippen LogP contribution < -0.4 is 9.47 Å². The number of ether oxygens (including phenoxy) is 2. The zero-order chi connectivity index (χ0) is 15.3. The number of hydrogen-bond acceptors (Lipinski definition) is 4. The molecule has 0 bridgehead atoms. The van der Waals surface area contributed by atoms with E-state index in [2.05, 4.69) is 0 Å². The van der Waals surface area contributed by atoms with Gasteiger partial charge in [0.15, 0.2) is 11.5 Å². The van der Waals surface area contributed by atoms with Crippen LogP contribution in [0.1, 0.15) is 31.4 Å². The summed E-state index contributed by atoms with van der Waals surface area (Å²) in [7, 11) is 2.99. The third kappa shape index (κ3) is 4.28. The number of carbonyl (C=O) groups is 1. The van der Waals surface area contributed by atoms with Crippen molar-refractivity contribution in [2.75, 3.05) is 14.2 Å². The molecule has 2 atom stereocenters. The van der Waals surface area contributed by atoms with Gasteiger partial charge in [0.1, 0.15) is 0 Å². The summed E-state index contributed by atoms with van der Waals surface area (Å²) < 4.78 is 10.3. The molecule has 1 rings (SSSR count). The van der Waals surface area contributed by atoms with E-state index in [0.717, 1.165) is 0 Å². The second-order valence-electron chi connectivity index (χ2n) is 4.68. The highest BCUT2D eigenvalue weighted by Crippen LogP contribution is 2.37. The van der Waals surface area contributed by atoms with Crippen molar-refractivity contribution in [2.45, 2.75) is 25.9 Å². The van der Waals surface area contributed by atoms with Gasteiger partial charge in [-0.15, -0.1) is 0 Å². The molecule has 0 saturated heterocycles. The summed E-state index contributed by atoms with van der Waals surface area (Å²) in [5, 5.41) is 19.3. The molecule has 5 nitrogen and oxygen atoms in total. The van der Waals surface area contributed by atoms with Gasteiger partial charge in [0.25, 0.3) is 0 Å². The second-order valence-corrected chi connectivity index (χ2v) is 5.09. The highest BCUT2D eigenvalue weighted by molar-refractivity contribution is 6.31. The fourth-order valence-corrected chi connectivity index (χ4v) is 2.29. The Morgan fingerprint density at radius 1 is 1.30 bits per heavy atom. The Morgan fingerprint density at radius 2 is 1.85 bits per heavy atom. The molecule has 2 unspecified atom stereocenters. The van der Waals surface area contributed by atoms with Gasteiger partial charge in [-0.25, -0.2) is 0 Å². The molecule has 20 heavy (non-hydrogen) atoms. The first-order valence-corrected chi connectivity index (χ1v) is 6.58. The van der Waals surface area contributed by atoms with Gasteiger partial charge in [0.05, 0.1) is 25.3 Å². The summed E-state index contributed by atoms with van der Waals surface area (Å²) >= 11 is 6.11. The molecule has 0 saturated carbocycles. The maximum absolute atomic E-state index is 10.6. The molecule has 0 aliphatic carbocycles. The van der Waals surface area contributed by atoms with Crippen molar-refractivity contribution in [2.24, 2.45) is 5.92 Å². The van der Waals surface area contributed by atoms with Crippen molar-refractivity contribution >= 4 is 17.6 Å². The van der Waals surface area contributed by atoms with Gasteiger partial charge < -0.3 is 19.7 Å². The number of aliphatic hydroxyl groups is 1. The van der Waals surface area contributed by atoms with Crippen molar-refractivity contribution in [3.8, 4) is 11.5 Å². The number of carboxylic acids is 1. The molecule has 0 heterocycles. The molecule has 0 radical (unpaired) electrons. The Morgan fingerprint density at radius 3 is 2.35 bits per heavy atom. The first-order chi connectivity index (χ1) is 9.38. The lowest BCUT2D eigenvalue weighted by Gasteiger charge is -2.18. The number of rotatable bonds is 7. The molecule has 0 aromatic heterocycles. The molecule has 2 N–H and O–H groups in total. The van der Waals surface area contributed by atoms with Gasteiger partial charge in [-0.3, -0.25) is 4.79 Å². The van der Waals surface area contributed by atoms with Gasteiger partial charge in [0.2, 0.25) is 0 Å². The molecule has 0 aliphatic rings. The Kier molecular flexibility index (Phi) is 6.10. The zero-order valence-electron chi connectivity index (χ0n) is 11.7. The predicted molar refractivity (Wildman–Crippen MR) is 75.5 cm³/mol. The predicted octanol–water partition coefficient (Wildman–Crippen LogP) is 2.89. The van der Waals surface area contributed by atoms with Crippen molar-refractivity contribution in [1.29, 1.82) is 0 Å². The minimum atomic E-state index is -0.886. The Bertz CT molecular complexity index is 475. The van der Waals surface area contributed by atoms with Gasteiger partial charge >= 0.3 is 5.97 Å². The molecular formula is C14H19ClO5. The average molecular weight is 303 g/mol. The standard InChI is InChI=1S/C14H19ClO5/c1-8(5-14(17)18)4-11(16)9-6-12(19-2)13(20-3)7-10(9)15/h6-8,11,16H,4-5H2,1-3H3,(H,17,18). The van der Waals surface area contributed by atoms with Crippen molar-refractivity contribution in [1.82, 2.24) is 0 Å². The maximum atomic E-state index is 10.6. The van der Waals surface area contributed by atoms with Crippen LogP contribution in [0.2, 0.25) is 5.02 Å². The minimum Gasteiger partial charge on any atom is -0.493 e. The summed E-state index contributed by atoms with van der Waals surface area (Å²) in [6, 6.07) is 3.18. The molecule has 112 valence electrons. The van der Waals surface area contributed by atoms with Crippen LogP contribution in [0.25, 0.3) is 0 Å². The zero-order valence-corrected chi connectivity index (χ0v) is 12.5. The lowest BCUT2D eigenvalue weighted by molar-refractivity contribution is -0.138. The fraction of sp³-hybridized carbons (Fsp3) is 0.500. The monoisotopic (exact) mass is 302 g/mol. The largest absolute Gasteiger partial charge is 0.493 e. The van der Waals surface area contributed by atoms with E-state index in [-0.39, 0.29) is 12.3 Å². The average Bonchev–Trinajstić information content (AvgIpc) is 2.36. The van der Waals surface area contributed by atoms with E-state index in [1.807, 2.05) is 0 Å². The van der Waals surface area contributed by atoms with Crippen molar-refractivity contribution < 1.29 is 24.5 Å². The van der Waals surface area contributed by atoms with Crippen LogP contribution in [0.3, 0.4) is 0 Å². The maximum Gasteiger partial charge on any atom is 0.303 e. The van der Waals surface area contributed by atoms with Crippen LogP contribution >= 0.6 is 11.6 Å². The summed E-state index contributed by atoms with van der Waals surface area (Å²) in [5.41, 5.74) is 0.501. The normalized spacial score (nSPS) is 13.7. The second kappa shape index (κ2) is 7.36. The lowest BCUT2D eigenvalue weighted by atomic mass is 9.95. The van der Waals surface area contributed by atoms with Gasteiger partial charge in [0, 0.05) is 18.1 Å². The first-order valence-electron chi connectivity index (χ1n) is 6.20. The number of carboxylic acid groups (broad SMARTS) is 1. The Labute approximate surface area is 123 Å². The number of hydrogen-bond donors (Lipinski definition) is 2. The minimum absolute atomic E-state index is 0.00195. The quantitative estimate of drug-likeness (QED) is 0.810. The van der Waals surface area contributed by atoms with Crippen molar-refractivity contribution in [3.63, 3.8) is 0 Å². The number of methoxy groups -OCH3 is 2. The molecule has 0 fully saturated rings. The lowest BCUT2D eigenvalue weighted by Crippen LogP contribution is -2.10. The summed E-state index contributed by atoms with van der Waals surface area (Å²) in [6.07, 6.45) is -0.541. The Balaban J connectivity index is 2.92. The molecule has 1 aromatic rings. The molecule has 6 heteroatoms. The van der Waals surface area contributed by atoms with E-state index in [4.69, 9.17) is 26.2 Å². The van der Waals surface area contributed by atoms with E-state index < -0.39 is 12.1 Å². The topological polar surface area (TPSA) is 76.0 Å². The van der Waals surface area contributed by atoms with E-state index in [0.29, 0.717) is 28.5 Å². The van der Waals surface area contributed by atoms with Crippen LogP contribution in [0.4, 0.5) is 0 Å². The summed E-state index contributed by atoms with van der Waals surface area (Å²) in [5.74, 6) is -0.0985. The number of halogens is 1. The van der Waals surface area contributed by atoms with E-state index in [9.17, 15) is 9.90 Å². The number of aliphatic hydroxyl groups excluding tert-OH is 1. The SMILES string of the molecule is COc1cc(Cl)c(C(O)CC(C)CC(=O)O)cc1OC. The van der Waals surface area contributed by atoms with Crippen LogP contribution in [-0.2, 0) is 4.79 Å². The smallest absolute Gasteiger partial charge is 0.303 e. The van der Waals surface area contributed by atoms with Crippen molar-refractivity contribution in [3.05, 3.63) is 22.7 Å². The van der Waals surface area contributed by atoms with Crippen LogP contribution in [0.15, 0.2) is 12.1 Å². The van der Waals surface area contributed by atoms with Gasteiger partial charge in [-0.1, -0.05) is 18.5 Å². The third-order valence-corrected chi connectivity index (χ3v) is 3.34. The van der Waals surface area contributed by atoms with Crippen LogP contribution in [0.5, 0.6) is 11.5 Å². The Hall–Kier alpha value is -1.46. The van der Waals surface area contributed by atoms with E-state index >= 15 is 0 Å². The molecule has 0 spiro atoms.